The van der Waals surface area contributed by atoms with E-state index in [0.29, 0.717) is 5.92 Å². The highest BCUT2D eigenvalue weighted by Gasteiger charge is 2.08. The largest absolute Gasteiger partial charge is 0.396 e. The molecule has 0 aromatic heterocycles. The summed E-state index contributed by atoms with van der Waals surface area (Å²) in [7, 11) is 0. The molecular formula is C13H20O. The smallest absolute Gasteiger partial charge is 0.0499 e. The molecule has 1 aromatic rings. The highest BCUT2D eigenvalue weighted by atomic mass is 16.3. The molecule has 1 unspecified atom stereocenters. The second-order valence-electron chi connectivity index (χ2n) is 3.93. The van der Waals surface area contributed by atoms with Gasteiger partial charge in [0.1, 0.15) is 0 Å². The SMILES string of the molecule is CCCCC(CO)c1ccc(C)cc1. The number of benzene rings is 1. The predicted octanol–water partition coefficient (Wildman–Crippen LogP) is 3.26. The first kappa shape index (κ1) is 11.3. The molecule has 1 atom stereocenters. The maximum absolute atomic E-state index is 9.28. The van der Waals surface area contributed by atoms with E-state index in [-0.39, 0.29) is 6.61 Å². The van der Waals surface area contributed by atoms with Crippen LogP contribution in [0.2, 0.25) is 0 Å². The van der Waals surface area contributed by atoms with E-state index >= 15 is 0 Å². The van der Waals surface area contributed by atoms with Crippen LogP contribution in [0.15, 0.2) is 24.3 Å². The van der Waals surface area contributed by atoms with Crippen molar-refractivity contribution >= 4 is 0 Å². The standard InChI is InChI=1S/C13H20O/c1-3-4-5-13(10-14)12-8-6-11(2)7-9-12/h6-9,13-14H,3-5,10H2,1-2H3. The number of aryl methyl sites for hydroxylation is 1. The van der Waals surface area contributed by atoms with E-state index in [0.717, 1.165) is 6.42 Å². The third-order valence-electron chi connectivity index (χ3n) is 2.68. The molecule has 0 heterocycles. The number of hydrogen-bond donors (Lipinski definition) is 1. The number of unbranched alkanes of at least 4 members (excludes halogenated alkanes) is 1. The van der Waals surface area contributed by atoms with Gasteiger partial charge in [0.25, 0.3) is 0 Å². The van der Waals surface area contributed by atoms with Gasteiger partial charge in [-0.25, -0.2) is 0 Å². The van der Waals surface area contributed by atoms with Crippen molar-refractivity contribution in [1.82, 2.24) is 0 Å². The van der Waals surface area contributed by atoms with E-state index in [4.69, 9.17) is 0 Å². The molecule has 1 heteroatoms. The van der Waals surface area contributed by atoms with Crippen molar-refractivity contribution in [1.29, 1.82) is 0 Å². The number of aliphatic hydroxyl groups excluding tert-OH is 1. The Morgan fingerprint density at radius 2 is 1.86 bits per heavy atom. The lowest BCUT2D eigenvalue weighted by Gasteiger charge is -2.14. The van der Waals surface area contributed by atoms with Gasteiger partial charge in [-0.15, -0.1) is 0 Å². The third-order valence-corrected chi connectivity index (χ3v) is 2.68. The number of rotatable bonds is 5. The summed E-state index contributed by atoms with van der Waals surface area (Å²) in [5.41, 5.74) is 2.55. The summed E-state index contributed by atoms with van der Waals surface area (Å²) in [5, 5.41) is 9.28. The molecule has 0 bridgehead atoms. The van der Waals surface area contributed by atoms with Crippen LogP contribution in [-0.4, -0.2) is 11.7 Å². The van der Waals surface area contributed by atoms with Gasteiger partial charge in [0, 0.05) is 12.5 Å². The summed E-state index contributed by atoms with van der Waals surface area (Å²) in [6.07, 6.45) is 3.48. The second kappa shape index (κ2) is 5.82. The fourth-order valence-electron chi connectivity index (χ4n) is 1.65. The van der Waals surface area contributed by atoms with E-state index in [1.165, 1.54) is 24.0 Å². The summed E-state index contributed by atoms with van der Waals surface area (Å²) in [4.78, 5) is 0. The topological polar surface area (TPSA) is 20.2 Å². The van der Waals surface area contributed by atoms with Crippen LogP contribution in [0.4, 0.5) is 0 Å². The van der Waals surface area contributed by atoms with E-state index in [1.54, 1.807) is 0 Å². The molecule has 0 saturated carbocycles. The average Bonchev–Trinajstić information content (AvgIpc) is 2.21. The number of aliphatic hydroxyl groups is 1. The van der Waals surface area contributed by atoms with Crippen molar-refractivity contribution in [2.24, 2.45) is 0 Å². The van der Waals surface area contributed by atoms with Crippen LogP contribution < -0.4 is 0 Å². The van der Waals surface area contributed by atoms with Gasteiger partial charge < -0.3 is 5.11 Å². The summed E-state index contributed by atoms with van der Waals surface area (Å²) in [6.45, 7) is 4.54. The zero-order valence-electron chi connectivity index (χ0n) is 9.16. The lowest BCUT2D eigenvalue weighted by molar-refractivity contribution is 0.257. The quantitative estimate of drug-likeness (QED) is 0.759. The van der Waals surface area contributed by atoms with Crippen LogP contribution in [0, 0.1) is 6.92 Å². The van der Waals surface area contributed by atoms with Crippen LogP contribution in [0.25, 0.3) is 0 Å². The highest BCUT2D eigenvalue weighted by Crippen LogP contribution is 2.21. The van der Waals surface area contributed by atoms with Gasteiger partial charge >= 0.3 is 0 Å². The summed E-state index contributed by atoms with van der Waals surface area (Å²) in [6, 6.07) is 8.49. The van der Waals surface area contributed by atoms with Crippen LogP contribution >= 0.6 is 0 Å². The van der Waals surface area contributed by atoms with Crippen molar-refractivity contribution in [2.75, 3.05) is 6.61 Å². The molecule has 0 aliphatic heterocycles. The van der Waals surface area contributed by atoms with Gasteiger partial charge in [-0.1, -0.05) is 49.6 Å². The van der Waals surface area contributed by atoms with Crippen molar-refractivity contribution in [3.05, 3.63) is 35.4 Å². The van der Waals surface area contributed by atoms with E-state index in [9.17, 15) is 5.11 Å². The molecule has 0 fully saturated rings. The van der Waals surface area contributed by atoms with Gasteiger partial charge in [0.05, 0.1) is 0 Å². The van der Waals surface area contributed by atoms with Crippen molar-refractivity contribution in [3.8, 4) is 0 Å². The first-order valence-electron chi connectivity index (χ1n) is 5.45. The summed E-state index contributed by atoms with van der Waals surface area (Å²) in [5.74, 6) is 0.329. The highest BCUT2D eigenvalue weighted by molar-refractivity contribution is 5.24. The number of hydrogen-bond acceptors (Lipinski definition) is 1. The van der Waals surface area contributed by atoms with Gasteiger partial charge in [-0.3, -0.25) is 0 Å². The Morgan fingerprint density at radius 1 is 1.21 bits per heavy atom. The Labute approximate surface area is 86.8 Å². The summed E-state index contributed by atoms with van der Waals surface area (Å²) >= 11 is 0. The minimum absolute atomic E-state index is 0.267. The fraction of sp³-hybridized carbons (Fsp3) is 0.538. The Bertz CT molecular complexity index is 250. The first-order valence-corrected chi connectivity index (χ1v) is 5.45. The molecule has 0 aliphatic carbocycles. The zero-order valence-corrected chi connectivity index (χ0v) is 9.16. The van der Waals surface area contributed by atoms with E-state index < -0.39 is 0 Å². The van der Waals surface area contributed by atoms with Gasteiger partial charge in [-0.2, -0.15) is 0 Å². The Kier molecular flexibility index (Phi) is 4.68. The normalized spacial score (nSPS) is 12.8. The molecule has 14 heavy (non-hydrogen) atoms. The molecule has 1 nitrogen and oxygen atoms in total. The van der Waals surface area contributed by atoms with Gasteiger partial charge in [0.15, 0.2) is 0 Å². The van der Waals surface area contributed by atoms with Crippen LogP contribution in [0.5, 0.6) is 0 Å². The molecule has 0 aliphatic rings. The average molecular weight is 192 g/mol. The summed E-state index contributed by atoms with van der Waals surface area (Å²) < 4.78 is 0. The first-order chi connectivity index (χ1) is 6.77. The van der Waals surface area contributed by atoms with E-state index in [1.807, 2.05) is 0 Å². The third kappa shape index (κ3) is 3.15. The predicted molar refractivity (Wildman–Crippen MR) is 60.5 cm³/mol. The van der Waals surface area contributed by atoms with Crippen LogP contribution in [0.3, 0.4) is 0 Å². The van der Waals surface area contributed by atoms with Crippen molar-refractivity contribution in [3.63, 3.8) is 0 Å². The molecule has 1 rings (SSSR count). The minimum atomic E-state index is 0.267. The van der Waals surface area contributed by atoms with Crippen molar-refractivity contribution < 1.29 is 5.11 Å². The molecule has 1 N–H and O–H groups in total. The molecule has 0 spiro atoms. The molecule has 0 saturated heterocycles. The molecule has 1 aromatic carbocycles. The maximum atomic E-state index is 9.28. The van der Waals surface area contributed by atoms with Crippen molar-refractivity contribution in [2.45, 2.75) is 39.0 Å². The van der Waals surface area contributed by atoms with Crippen LogP contribution in [-0.2, 0) is 0 Å². The fourth-order valence-corrected chi connectivity index (χ4v) is 1.65. The Hall–Kier alpha value is -0.820. The lowest BCUT2D eigenvalue weighted by atomic mass is 9.94. The molecule has 78 valence electrons. The molecule has 0 radical (unpaired) electrons. The molecule has 0 amide bonds. The van der Waals surface area contributed by atoms with Gasteiger partial charge in [-0.05, 0) is 18.9 Å². The van der Waals surface area contributed by atoms with Gasteiger partial charge in [0.2, 0.25) is 0 Å². The second-order valence-corrected chi connectivity index (χ2v) is 3.93. The monoisotopic (exact) mass is 192 g/mol. The maximum Gasteiger partial charge on any atom is 0.0499 e. The van der Waals surface area contributed by atoms with E-state index in [2.05, 4.69) is 38.1 Å². The van der Waals surface area contributed by atoms with Crippen LogP contribution in [0.1, 0.15) is 43.2 Å². The lowest BCUT2D eigenvalue weighted by Crippen LogP contribution is -2.03. The Morgan fingerprint density at radius 3 is 2.36 bits per heavy atom. The molecular weight excluding hydrogens is 172 g/mol. The minimum Gasteiger partial charge on any atom is -0.396 e. The zero-order chi connectivity index (χ0) is 10.4. The Balaban J connectivity index is 2.64.